The molecule has 2 heterocycles. The first-order valence-corrected chi connectivity index (χ1v) is 6.73. The minimum atomic E-state index is 0.636. The van der Waals surface area contributed by atoms with Crippen molar-refractivity contribution in [3.8, 4) is 22.4 Å². The van der Waals surface area contributed by atoms with Crippen molar-refractivity contribution in [2.75, 3.05) is 5.73 Å². The number of aryl methyl sites for hydroxylation is 3. The number of hydrogen-bond donors (Lipinski definition) is 1. The van der Waals surface area contributed by atoms with Crippen molar-refractivity contribution >= 4 is 5.82 Å². The van der Waals surface area contributed by atoms with Crippen LogP contribution in [0.3, 0.4) is 0 Å². The Bertz CT molecular complexity index is 790. The van der Waals surface area contributed by atoms with Gasteiger partial charge in [-0.3, -0.25) is 4.68 Å². The maximum atomic E-state index is 6.22. The van der Waals surface area contributed by atoms with Crippen LogP contribution < -0.4 is 5.73 Å². The average Bonchev–Trinajstić information content (AvgIpc) is 2.79. The molecule has 0 saturated carbocycles. The van der Waals surface area contributed by atoms with Gasteiger partial charge >= 0.3 is 0 Å². The van der Waals surface area contributed by atoms with Gasteiger partial charge in [0.15, 0.2) is 0 Å². The SMILES string of the molecule is Cc1ccc(-c2c(-c3cncnc3)nn(C)c2N)cc1C. The van der Waals surface area contributed by atoms with Crippen LogP contribution in [0.4, 0.5) is 5.82 Å². The van der Waals surface area contributed by atoms with Gasteiger partial charge in [-0.2, -0.15) is 5.10 Å². The van der Waals surface area contributed by atoms with Gasteiger partial charge in [0.05, 0.1) is 5.56 Å². The highest BCUT2D eigenvalue weighted by atomic mass is 15.3. The van der Waals surface area contributed by atoms with Crippen LogP contribution in [0, 0.1) is 13.8 Å². The molecule has 5 nitrogen and oxygen atoms in total. The Labute approximate surface area is 123 Å². The molecule has 0 spiro atoms. The molecular weight excluding hydrogens is 262 g/mol. The molecule has 0 saturated heterocycles. The van der Waals surface area contributed by atoms with Crippen molar-refractivity contribution in [2.24, 2.45) is 7.05 Å². The van der Waals surface area contributed by atoms with Gasteiger partial charge in [-0.15, -0.1) is 0 Å². The van der Waals surface area contributed by atoms with Gasteiger partial charge in [-0.05, 0) is 30.5 Å². The van der Waals surface area contributed by atoms with Gasteiger partial charge in [0.25, 0.3) is 0 Å². The molecular formula is C16H17N5. The first kappa shape index (κ1) is 13.3. The summed E-state index contributed by atoms with van der Waals surface area (Å²) in [6.45, 7) is 4.19. The summed E-state index contributed by atoms with van der Waals surface area (Å²) < 4.78 is 1.69. The Hall–Kier alpha value is -2.69. The van der Waals surface area contributed by atoms with E-state index < -0.39 is 0 Å². The molecule has 0 aliphatic rings. The normalized spacial score (nSPS) is 10.8. The van der Waals surface area contributed by atoms with Crippen molar-refractivity contribution in [1.29, 1.82) is 0 Å². The Morgan fingerprint density at radius 1 is 1.00 bits per heavy atom. The van der Waals surface area contributed by atoms with Crippen LogP contribution >= 0.6 is 0 Å². The van der Waals surface area contributed by atoms with Gasteiger partial charge in [-0.1, -0.05) is 18.2 Å². The zero-order valence-electron chi connectivity index (χ0n) is 12.3. The number of hydrogen-bond acceptors (Lipinski definition) is 4. The van der Waals surface area contributed by atoms with E-state index in [0.29, 0.717) is 5.82 Å². The highest BCUT2D eigenvalue weighted by molar-refractivity contribution is 5.88. The Morgan fingerprint density at radius 2 is 1.71 bits per heavy atom. The zero-order chi connectivity index (χ0) is 15.0. The monoisotopic (exact) mass is 279 g/mol. The highest BCUT2D eigenvalue weighted by Crippen LogP contribution is 2.35. The summed E-state index contributed by atoms with van der Waals surface area (Å²) >= 11 is 0. The lowest BCUT2D eigenvalue weighted by Gasteiger charge is -2.07. The second-order valence-electron chi connectivity index (χ2n) is 5.16. The molecule has 0 aliphatic heterocycles. The fraction of sp³-hybridized carbons (Fsp3) is 0.188. The summed E-state index contributed by atoms with van der Waals surface area (Å²) in [5, 5.41) is 4.52. The summed E-state index contributed by atoms with van der Waals surface area (Å²) in [7, 11) is 1.84. The standard InChI is InChI=1S/C16H17N5/c1-10-4-5-12(6-11(10)2)14-15(20-21(3)16(14)17)13-7-18-9-19-8-13/h4-9H,17H2,1-3H3. The molecule has 3 aromatic rings. The van der Waals surface area contributed by atoms with E-state index in [1.807, 2.05) is 7.05 Å². The molecule has 0 radical (unpaired) electrons. The number of anilines is 1. The number of nitrogens with two attached hydrogens (primary N) is 1. The van der Waals surface area contributed by atoms with Gasteiger partial charge < -0.3 is 5.73 Å². The van der Waals surface area contributed by atoms with E-state index in [4.69, 9.17) is 5.73 Å². The van der Waals surface area contributed by atoms with E-state index in [-0.39, 0.29) is 0 Å². The Kier molecular flexibility index (Phi) is 3.17. The van der Waals surface area contributed by atoms with Crippen LogP contribution in [-0.4, -0.2) is 19.7 Å². The lowest BCUT2D eigenvalue weighted by Crippen LogP contribution is -1.98. The summed E-state index contributed by atoms with van der Waals surface area (Å²) in [5.41, 5.74) is 12.4. The second kappa shape index (κ2) is 5.01. The molecule has 2 N–H and O–H groups in total. The third-order valence-corrected chi connectivity index (χ3v) is 3.72. The molecule has 0 unspecified atom stereocenters. The Morgan fingerprint density at radius 3 is 2.38 bits per heavy atom. The second-order valence-corrected chi connectivity index (χ2v) is 5.16. The summed E-state index contributed by atoms with van der Waals surface area (Å²) in [6.07, 6.45) is 5.00. The first-order valence-electron chi connectivity index (χ1n) is 6.73. The Balaban J connectivity index is 2.24. The minimum Gasteiger partial charge on any atom is -0.383 e. The number of rotatable bonds is 2. The van der Waals surface area contributed by atoms with E-state index in [1.165, 1.54) is 17.5 Å². The minimum absolute atomic E-state index is 0.636. The fourth-order valence-corrected chi connectivity index (χ4v) is 2.34. The van der Waals surface area contributed by atoms with Crippen molar-refractivity contribution < 1.29 is 0 Å². The van der Waals surface area contributed by atoms with E-state index in [1.54, 1.807) is 17.1 Å². The fourth-order valence-electron chi connectivity index (χ4n) is 2.34. The maximum absolute atomic E-state index is 6.22. The maximum Gasteiger partial charge on any atom is 0.129 e. The third kappa shape index (κ3) is 2.27. The number of nitrogens with zero attached hydrogens (tertiary/aromatic N) is 4. The number of aromatic nitrogens is 4. The number of nitrogen functional groups attached to an aromatic ring is 1. The molecule has 0 atom stereocenters. The smallest absolute Gasteiger partial charge is 0.129 e. The van der Waals surface area contributed by atoms with Gasteiger partial charge in [0.2, 0.25) is 0 Å². The largest absolute Gasteiger partial charge is 0.383 e. The first-order chi connectivity index (χ1) is 10.1. The molecule has 0 fully saturated rings. The molecule has 3 rings (SSSR count). The number of benzene rings is 1. The van der Waals surface area contributed by atoms with Gasteiger partial charge in [0, 0.05) is 25.0 Å². The van der Waals surface area contributed by atoms with E-state index in [2.05, 4.69) is 47.1 Å². The van der Waals surface area contributed by atoms with Crippen LogP contribution in [0.1, 0.15) is 11.1 Å². The summed E-state index contributed by atoms with van der Waals surface area (Å²) in [6, 6.07) is 6.31. The van der Waals surface area contributed by atoms with Crippen molar-refractivity contribution in [1.82, 2.24) is 19.7 Å². The molecule has 1 aromatic carbocycles. The van der Waals surface area contributed by atoms with Crippen LogP contribution in [0.2, 0.25) is 0 Å². The van der Waals surface area contributed by atoms with Crippen molar-refractivity contribution in [3.05, 3.63) is 48.0 Å². The lowest BCUT2D eigenvalue weighted by atomic mass is 9.98. The molecule has 106 valence electrons. The van der Waals surface area contributed by atoms with E-state index in [9.17, 15) is 0 Å². The molecule has 0 bridgehead atoms. The lowest BCUT2D eigenvalue weighted by molar-refractivity contribution is 0.782. The van der Waals surface area contributed by atoms with Gasteiger partial charge in [0.1, 0.15) is 17.8 Å². The van der Waals surface area contributed by atoms with E-state index >= 15 is 0 Å². The molecule has 0 amide bonds. The predicted molar refractivity (Wildman–Crippen MR) is 83.6 cm³/mol. The third-order valence-electron chi connectivity index (χ3n) is 3.72. The topological polar surface area (TPSA) is 69.6 Å². The summed E-state index contributed by atoms with van der Waals surface area (Å²) in [4.78, 5) is 8.13. The van der Waals surface area contributed by atoms with Crippen LogP contribution in [0.5, 0.6) is 0 Å². The van der Waals surface area contributed by atoms with Crippen molar-refractivity contribution in [2.45, 2.75) is 13.8 Å². The zero-order valence-corrected chi connectivity index (χ0v) is 12.3. The van der Waals surface area contributed by atoms with Crippen LogP contribution in [-0.2, 0) is 7.05 Å². The average molecular weight is 279 g/mol. The van der Waals surface area contributed by atoms with Crippen molar-refractivity contribution in [3.63, 3.8) is 0 Å². The van der Waals surface area contributed by atoms with Crippen LogP contribution in [0.25, 0.3) is 22.4 Å². The molecule has 21 heavy (non-hydrogen) atoms. The summed E-state index contributed by atoms with van der Waals surface area (Å²) in [5.74, 6) is 0.636. The predicted octanol–water partition coefficient (Wildman–Crippen LogP) is 2.74. The van der Waals surface area contributed by atoms with E-state index in [0.717, 1.165) is 22.4 Å². The van der Waals surface area contributed by atoms with Gasteiger partial charge in [-0.25, -0.2) is 9.97 Å². The molecule has 2 aromatic heterocycles. The highest BCUT2D eigenvalue weighted by Gasteiger charge is 2.18. The van der Waals surface area contributed by atoms with Crippen LogP contribution in [0.15, 0.2) is 36.9 Å². The molecule has 0 aliphatic carbocycles. The quantitative estimate of drug-likeness (QED) is 0.783. The molecule has 5 heteroatoms.